The maximum Gasteiger partial charge on any atom is 0.307 e. The van der Waals surface area contributed by atoms with Gasteiger partial charge in [-0.3, -0.25) is 4.79 Å². The molecule has 0 saturated carbocycles. The van der Waals surface area contributed by atoms with Crippen LogP contribution in [0, 0.1) is 5.92 Å². The summed E-state index contributed by atoms with van der Waals surface area (Å²) in [5, 5.41) is 10.2. The first-order valence-corrected chi connectivity index (χ1v) is 7.88. The molecule has 21 heavy (non-hydrogen) atoms. The van der Waals surface area contributed by atoms with Crippen LogP contribution in [0.25, 0.3) is 0 Å². The molecule has 0 aliphatic heterocycles. The molecule has 110 valence electrons. The molecule has 0 aliphatic rings. The molecule has 2 atom stereocenters. The van der Waals surface area contributed by atoms with Gasteiger partial charge in [-0.05, 0) is 41.7 Å². The monoisotopic (exact) mass is 366 g/mol. The summed E-state index contributed by atoms with van der Waals surface area (Å²) in [6.07, 6.45) is 0.423. The highest BCUT2D eigenvalue weighted by atomic mass is 79.9. The summed E-state index contributed by atoms with van der Waals surface area (Å²) in [6.45, 7) is 1.94. The normalized spacial score (nSPS) is 13.7. The molecule has 2 aromatic carbocycles. The number of carboxylic acid groups (broad SMARTS) is 1. The molecule has 0 saturated heterocycles. The Morgan fingerprint density at radius 3 is 2.38 bits per heavy atom. The minimum absolute atomic E-state index is 0.0909. The molecular weight excluding hydrogens is 352 g/mol. The lowest BCUT2D eigenvalue weighted by molar-refractivity contribution is -0.142. The summed E-state index contributed by atoms with van der Waals surface area (Å²) in [5.41, 5.74) is 1.88. The van der Waals surface area contributed by atoms with E-state index < -0.39 is 11.9 Å². The molecule has 1 N–H and O–H groups in total. The molecule has 2 rings (SSSR count). The van der Waals surface area contributed by atoms with Gasteiger partial charge in [0.2, 0.25) is 0 Å². The fraction of sp³-hybridized carbons (Fsp3) is 0.235. The Balaban J connectivity index is 2.25. The Labute approximate surface area is 137 Å². The van der Waals surface area contributed by atoms with Gasteiger partial charge in [0.1, 0.15) is 0 Å². The SMILES string of the molecule is CC(c1ccc(Br)cc1)C(Cc1ccccc1Cl)C(=O)O. The Hall–Kier alpha value is -1.32. The summed E-state index contributed by atoms with van der Waals surface area (Å²) in [5.74, 6) is -1.40. The number of halogens is 2. The van der Waals surface area contributed by atoms with Crippen LogP contribution in [0.2, 0.25) is 5.02 Å². The van der Waals surface area contributed by atoms with Crippen LogP contribution >= 0.6 is 27.5 Å². The van der Waals surface area contributed by atoms with E-state index in [1.165, 1.54) is 0 Å². The summed E-state index contributed by atoms with van der Waals surface area (Å²) in [6, 6.07) is 15.2. The van der Waals surface area contributed by atoms with Crippen molar-refractivity contribution >= 4 is 33.5 Å². The van der Waals surface area contributed by atoms with Crippen molar-refractivity contribution in [2.24, 2.45) is 5.92 Å². The fourth-order valence-electron chi connectivity index (χ4n) is 2.38. The van der Waals surface area contributed by atoms with E-state index in [2.05, 4.69) is 15.9 Å². The van der Waals surface area contributed by atoms with Gasteiger partial charge in [0, 0.05) is 9.50 Å². The lowest BCUT2D eigenvalue weighted by atomic mass is 9.83. The number of hydrogen-bond donors (Lipinski definition) is 1. The predicted octanol–water partition coefficient (Wildman–Crippen LogP) is 5.15. The molecule has 2 unspecified atom stereocenters. The van der Waals surface area contributed by atoms with Gasteiger partial charge >= 0.3 is 5.97 Å². The lowest BCUT2D eigenvalue weighted by Crippen LogP contribution is -2.22. The van der Waals surface area contributed by atoms with E-state index in [9.17, 15) is 9.90 Å². The average molecular weight is 368 g/mol. The highest BCUT2D eigenvalue weighted by molar-refractivity contribution is 9.10. The minimum Gasteiger partial charge on any atom is -0.481 e. The van der Waals surface area contributed by atoms with Gasteiger partial charge in [0.15, 0.2) is 0 Å². The van der Waals surface area contributed by atoms with Gasteiger partial charge in [0.25, 0.3) is 0 Å². The topological polar surface area (TPSA) is 37.3 Å². The molecule has 0 radical (unpaired) electrons. The number of benzene rings is 2. The molecular formula is C17H16BrClO2. The summed E-state index contributed by atoms with van der Waals surface area (Å²) >= 11 is 9.54. The smallest absolute Gasteiger partial charge is 0.307 e. The molecule has 0 fully saturated rings. The molecule has 0 heterocycles. The molecule has 0 spiro atoms. The van der Waals surface area contributed by atoms with E-state index in [0.29, 0.717) is 11.4 Å². The van der Waals surface area contributed by atoms with Crippen molar-refractivity contribution in [3.8, 4) is 0 Å². The van der Waals surface area contributed by atoms with Gasteiger partial charge in [-0.1, -0.05) is 64.8 Å². The Bertz CT molecular complexity index is 625. The van der Waals surface area contributed by atoms with Crippen LogP contribution in [0.3, 0.4) is 0 Å². The molecule has 0 bridgehead atoms. The molecule has 2 nitrogen and oxygen atoms in total. The number of carboxylic acids is 1. The van der Waals surface area contributed by atoms with E-state index in [1.807, 2.05) is 49.4 Å². The average Bonchev–Trinajstić information content (AvgIpc) is 2.46. The van der Waals surface area contributed by atoms with E-state index in [1.54, 1.807) is 6.07 Å². The van der Waals surface area contributed by atoms with Crippen LogP contribution in [0.1, 0.15) is 24.0 Å². The Kier molecular flexibility index (Phi) is 5.43. The number of hydrogen-bond acceptors (Lipinski definition) is 1. The molecule has 0 aliphatic carbocycles. The van der Waals surface area contributed by atoms with Crippen molar-refractivity contribution in [2.75, 3.05) is 0 Å². The third-order valence-electron chi connectivity index (χ3n) is 3.71. The van der Waals surface area contributed by atoms with Gasteiger partial charge in [-0.25, -0.2) is 0 Å². The van der Waals surface area contributed by atoms with Crippen LogP contribution < -0.4 is 0 Å². The zero-order valence-electron chi connectivity index (χ0n) is 11.6. The van der Waals surface area contributed by atoms with Crippen molar-refractivity contribution in [1.82, 2.24) is 0 Å². The summed E-state index contributed by atoms with van der Waals surface area (Å²) in [7, 11) is 0. The number of aliphatic carboxylic acids is 1. The van der Waals surface area contributed by atoms with Crippen molar-refractivity contribution in [3.63, 3.8) is 0 Å². The van der Waals surface area contributed by atoms with Gasteiger partial charge in [0.05, 0.1) is 5.92 Å². The van der Waals surface area contributed by atoms with Crippen LogP contribution in [-0.4, -0.2) is 11.1 Å². The predicted molar refractivity (Wildman–Crippen MR) is 88.8 cm³/mol. The second-order valence-electron chi connectivity index (χ2n) is 5.08. The van der Waals surface area contributed by atoms with Crippen LogP contribution in [0.15, 0.2) is 53.0 Å². The van der Waals surface area contributed by atoms with Crippen LogP contribution in [-0.2, 0) is 11.2 Å². The third-order valence-corrected chi connectivity index (χ3v) is 4.61. The first-order chi connectivity index (χ1) is 9.99. The highest BCUT2D eigenvalue weighted by Crippen LogP contribution is 2.30. The fourth-order valence-corrected chi connectivity index (χ4v) is 2.85. The standard InChI is InChI=1S/C17H16BrClO2/c1-11(12-6-8-14(18)9-7-12)15(17(20)21)10-13-4-2-3-5-16(13)19/h2-9,11,15H,10H2,1H3,(H,20,21). The van der Waals surface area contributed by atoms with Crippen LogP contribution in [0.5, 0.6) is 0 Å². The highest BCUT2D eigenvalue weighted by Gasteiger charge is 2.26. The van der Waals surface area contributed by atoms with E-state index in [-0.39, 0.29) is 5.92 Å². The molecule has 0 amide bonds. The van der Waals surface area contributed by atoms with E-state index in [0.717, 1.165) is 15.6 Å². The third kappa shape index (κ3) is 4.08. The molecule has 0 aromatic heterocycles. The zero-order valence-corrected chi connectivity index (χ0v) is 13.9. The summed E-state index contributed by atoms with van der Waals surface area (Å²) < 4.78 is 0.983. The van der Waals surface area contributed by atoms with E-state index in [4.69, 9.17) is 11.6 Å². The second-order valence-corrected chi connectivity index (χ2v) is 6.40. The molecule has 2 aromatic rings. The van der Waals surface area contributed by atoms with Crippen molar-refractivity contribution in [2.45, 2.75) is 19.3 Å². The maximum absolute atomic E-state index is 11.6. The van der Waals surface area contributed by atoms with E-state index >= 15 is 0 Å². The summed E-state index contributed by atoms with van der Waals surface area (Å²) in [4.78, 5) is 11.6. The number of rotatable bonds is 5. The Morgan fingerprint density at radius 2 is 1.81 bits per heavy atom. The van der Waals surface area contributed by atoms with Crippen molar-refractivity contribution < 1.29 is 9.90 Å². The van der Waals surface area contributed by atoms with Crippen LogP contribution in [0.4, 0.5) is 0 Å². The first kappa shape index (κ1) is 16.1. The number of carbonyl (C=O) groups is 1. The quantitative estimate of drug-likeness (QED) is 0.793. The van der Waals surface area contributed by atoms with Crippen molar-refractivity contribution in [3.05, 3.63) is 69.2 Å². The Morgan fingerprint density at radius 1 is 1.19 bits per heavy atom. The van der Waals surface area contributed by atoms with Gasteiger partial charge in [-0.15, -0.1) is 0 Å². The van der Waals surface area contributed by atoms with Crippen molar-refractivity contribution in [1.29, 1.82) is 0 Å². The second kappa shape index (κ2) is 7.10. The lowest BCUT2D eigenvalue weighted by Gasteiger charge is -2.21. The van der Waals surface area contributed by atoms with Gasteiger partial charge < -0.3 is 5.11 Å². The largest absolute Gasteiger partial charge is 0.481 e. The minimum atomic E-state index is -0.801. The first-order valence-electron chi connectivity index (χ1n) is 6.70. The zero-order chi connectivity index (χ0) is 15.4. The molecule has 4 heteroatoms. The maximum atomic E-state index is 11.6. The van der Waals surface area contributed by atoms with Gasteiger partial charge in [-0.2, -0.15) is 0 Å².